The van der Waals surface area contributed by atoms with Gasteiger partial charge in [0, 0.05) is 6.42 Å². The Kier molecular flexibility index (Phi) is 7.05. The van der Waals surface area contributed by atoms with Gasteiger partial charge in [0.1, 0.15) is 25.7 Å². The number of esters is 1. The molecule has 2 rings (SSSR count). The SMILES string of the molecule is CCCCC[C@@H]1C[C@@H](CC#CC[NH+]2CCOCC2)C(=O)O1. The van der Waals surface area contributed by atoms with Crippen molar-refractivity contribution in [2.75, 3.05) is 32.8 Å². The van der Waals surface area contributed by atoms with E-state index in [0.29, 0.717) is 6.42 Å². The van der Waals surface area contributed by atoms with Gasteiger partial charge >= 0.3 is 5.97 Å². The van der Waals surface area contributed by atoms with E-state index in [0.717, 1.165) is 52.1 Å². The monoisotopic (exact) mass is 294 g/mol. The molecule has 2 saturated heterocycles. The summed E-state index contributed by atoms with van der Waals surface area (Å²) in [6, 6.07) is 0. The highest BCUT2D eigenvalue weighted by Gasteiger charge is 2.33. The highest BCUT2D eigenvalue weighted by atomic mass is 16.5. The Bertz CT molecular complexity index is 379. The van der Waals surface area contributed by atoms with Crippen molar-refractivity contribution in [3.05, 3.63) is 0 Å². The van der Waals surface area contributed by atoms with Crippen molar-refractivity contribution < 1.29 is 19.2 Å². The van der Waals surface area contributed by atoms with Gasteiger partial charge in [0.2, 0.25) is 0 Å². The molecule has 0 bridgehead atoms. The Balaban J connectivity index is 1.65. The summed E-state index contributed by atoms with van der Waals surface area (Å²) in [6.07, 6.45) is 6.27. The minimum atomic E-state index is -0.0375. The fourth-order valence-corrected chi connectivity index (χ4v) is 2.91. The summed E-state index contributed by atoms with van der Waals surface area (Å²) in [5.74, 6) is 6.37. The average molecular weight is 294 g/mol. The lowest BCUT2D eigenvalue weighted by molar-refractivity contribution is -0.900. The van der Waals surface area contributed by atoms with Crippen molar-refractivity contribution in [2.45, 2.75) is 51.6 Å². The molecular weight excluding hydrogens is 266 g/mol. The van der Waals surface area contributed by atoms with Crippen LogP contribution in [-0.4, -0.2) is 44.9 Å². The summed E-state index contributed by atoms with van der Waals surface area (Å²) in [7, 11) is 0. The highest BCUT2D eigenvalue weighted by molar-refractivity contribution is 5.75. The van der Waals surface area contributed by atoms with E-state index >= 15 is 0 Å². The summed E-state index contributed by atoms with van der Waals surface area (Å²) in [5.41, 5.74) is 0. The van der Waals surface area contributed by atoms with Gasteiger partial charge in [-0.25, -0.2) is 0 Å². The molecule has 2 heterocycles. The summed E-state index contributed by atoms with van der Waals surface area (Å²) in [6.45, 7) is 6.82. The molecule has 2 aliphatic rings. The van der Waals surface area contributed by atoms with Gasteiger partial charge in [0.15, 0.2) is 0 Å². The van der Waals surface area contributed by atoms with Crippen LogP contribution in [0.1, 0.15) is 45.4 Å². The lowest BCUT2D eigenvalue weighted by Crippen LogP contribution is -3.14. The number of hydrogen-bond donors (Lipinski definition) is 1. The number of carbonyl (C=O) groups excluding carboxylic acids is 1. The molecule has 0 aliphatic carbocycles. The summed E-state index contributed by atoms with van der Waals surface area (Å²) >= 11 is 0. The molecule has 0 unspecified atom stereocenters. The van der Waals surface area contributed by atoms with Crippen LogP contribution >= 0.6 is 0 Å². The second-order valence-electron chi connectivity index (χ2n) is 6.08. The van der Waals surface area contributed by atoms with Crippen molar-refractivity contribution in [3.8, 4) is 11.8 Å². The molecular formula is C17H28NO3+. The molecule has 0 amide bonds. The summed E-state index contributed by atoms with van der Waals surface area (Å²) in [5, 5.41) is 0. The quantitative estimate of drug-likeness (QED) is 0.448. The lowest BCUT2D eigenvalue weighted by Gasteiger charge is -2.21. The minimum Gasteiger partial charge on any atom is -0.462 e. The van der Waals surface area contributed by atoms with E-state index in [-0.39, 0.29) is 18.0 Å². The number of quaternary nitrogens is 1. The van der Waals surface area contributed by atoms with Gasteiger partial charge < -0.3 is 14.4 Å². The van der Waals surface area contributed by atoms with Gasteiger partial charge in [-0.3, -0.25) is 4.79 Å². The Morgan fingerprint density at radius 3 is 2.81 bits per heavy atom. The van der Waals surface area contributed by atoms with Crippen LogP contribution in [0.4, 0.5) is 0 Å². The smallest absolute Gasteiger partial charge is 0.310 e. The van der Waals surface area contributed by atoms with Crippen LogP contribution in [0, 0.1) is 17.8 Å². The normalized spacial score (nSPS) is 26.2. The van der Waals surface area contributed by atoms with Crippen LogP contribution in [0.2, 0.25) is 0 Å². The largest absolute Gasteiger partial charge is 0.462 e. The zero-order valence-corrected chi connectivity index (χ0v) is 13.2. The number of carbonyl (C=O) groups is 1. The van der Waals surface area contributed by atoms with Gasteiger partial charge in [-0.2, -0.15) is 0 Å². The molecule has 0 saturated carbocycles. The lowest BCUT2D eigenvalue weighted by atomic mass is 9.99. The second-order valence-corrected chi connectivity index (χ2v) is 6.08. The average Bonchev–Trinajstić information content (AvgIpc) is 2.85. The third-order valence-corrected chi connectivity index (χ3v) is 4.30. The maximum Gasteiger partial charge on any atom is 0.310 e. The summed E-state index contributed by atoms with van der Waals surface area (Å²) < 4.78 is 10.8. The van der Waals surface area contributed by atoms with Crippen molar-refractivity contribution in [1.29, 1.82) is 0 Å². The third kappa shape index (κ3) is 5.68. The Labute approximate surface area is 128 Å². The Hall–Kier alpha value is -1.05. The second kappa shape index (κ2) is 9.07. The van der Waals surface area contributed by atoms with E-state index in [1.54, 1.807) is 0 Å². The van der Waals surface area contributed by atoms with Crippen molar-refractivity contribution in [2.24, 2.45) is 5.92 Å². The first-order valence-corrected chi connectivity index (χ1v) is 8.37. The summed E-state index contributed by atoms with van der Waals surface area (Å²) in [4.78, 5) is 13.3. The molecule has 21 heavy (non-hydrogen) atoms. The topological polar surface area (TPSA) is 40.0 Å². The molecule has 2 fully saturated rings. The first-order valence-electron chi connectivity index (χ1n) is 8.37. The Morgan fingerprint density at radius 1 is 1.24 bits per heavy atom. The fraction of sp³-hybridized carbons (Fsp3) is 0.824. The van der Waals surface area contributed by atoms with Gasteiger partial charge in [0.05, 0.1) is 19.1 Å². The predicted octanol–water partition coefficient (Wildman–Crippen LogP) is 0.807. The van der Waals surface area contributed by atoms with Crippen molar-refractivity contribution in [1.82, 2.24) is 0 Å². The van der Waals surface area contributed by atoms with Crippen LogP contribution < -0.4 is 4.90 Å². The van der Waals surface area contributed by atoms with Gasteiger partial charge in [0.25, 0.3) is 0 Å². The standard InChI is InChI=1S/C17H27NO3/c1-2-3-4-8-16-14-15(17(19)21-16)7-5-6-9-18-10-12-20-13-11-18/h15-16H,2-4,7-14H2,1H3/p+1/t15-,16-/m1/s1. The van der Waals surface area contributed by atoms with Crippen LogP contribution in [0.3, 0.4) is 0 Å². The number of rotatable bonds is 6. The molecule has 0 aromatic heterocycles. The maximum atomic E-state index is 11.8. The van der Waals surface area contributed by atoms with E-state index in [1.807, 2.05) is 0 Å². The van der Waals surface area contributed by atoms with Gasteiger partial charge in [-0.05, 0) is 25.2 Å². The van der Waals surface area contributed by atoms with E-state index in [1.165, 1.54) is 17.7 Å². The number of ether oxygens (including phenoxy) is 2. The van der Waals surface area contributed by atoms with Gasteiger partial charge in [-0.1, -0.05) is 25.7 Å². The van der Waals surface area contributed by atoms with E-state index in [4.69, 9.17) is 9.47 Å². The van der Waals surface area contributed by atoms with Crippen LogP contribution in [0.25, 0.3) is 0 Å². The van der Waals surface area contributed by atoms with E-state index < -0.39 is 0 Å². The molecule has 0 radical (unpaired) electrons. The molecule has 2 atom stereocenters. The zero-order chi connectivity index (χ0) is 14.9. The third-order valence-electron chi connectivity index (χ3n) is 4.30. The number of cyclic esters (lactones) is 1. The van der Waals surface area contributed by atoms with E-state index in [2.05, 4.69) is 18.8 Å². The number of morpholine rings is 1. The van der Waals surface area contributed by atoms with Crippen molar-refractivity contribution >= 4 is 5.97 Å². The van der Waals surface area contributed by atoms with Crippen LogP contribution in [0.5, 0.6) is 0 Å². The molecule has 0 aromatic rings. The fourth-order valence-electron chi connectivity index (χ4n) is 2.91. The van der Waals surface area contributed by atoms with Crippen molar-refractivity contribution in [3.63, 3.8) is 0 Å². The first kappa shape index (κ1) is 16.3. The molecule has 4 heteroatoms. The van der Waals surface area contributed by atoms with Crippen LogP contribution in [0.15, 0.2) is 0 Å². The molecule has 0 spiro atoms. The molecule has 118 valence electrons. The molecule has 0 aromatic carbocycles. The minimum absolute atomic E-state index is 0.00353. The predicted molar refractivity (Wildman–Crippen MR) is 80.9 cm³/mol. The maximum absolute atomic E-state index is 11.8. The molecule has 1 N–H and O–H groups in total. The number of nitrogens with one attached hydrogen (secondary N) is 1. The van der Waals surface area contributed by atoms with Gasteiger partial charge in [-0.15, -0.1) is 0 Å². The first-order chi connectivity index (χ1) is 10.3. The van der Waals surface area contributed by atoms with Crippen LogP contribution in [-0.2, 0) is 14.3 Å². The molecule has 2 aliphatic heterocycles. The number of unbranched alkanes of at least 4 members (excludes halogenated alkanes) is 2. The van der Waals surface area contributed by atoms with E-state index in [9.17, 15) is 4.79 Å². The highest BCUT2D eigenvalue weighted by Crippen LogP contribution is 2.27. The Morgan fingerprint density at radius 2 is 2.05 bits per heavy atom. The number of hydrogen-bond acceptors (Lipinski definition) is 3. The molecule has 4 nitrogen and oxygen atoms in total. The zero-order valence-electron chi connectivity index (χ0n) is 13.2.